The fourth-order valence-corrected chi connectivity index (χ4v) is 4.04. The van der Waals surface area contributed by atoms with Crippen molar-refractivity contribution in [3.05, 3.63) is 70.1 Å². The molecule has 2 aromatic rings. The van der Waals surface area contributed by atoms with E-state index in [1.807, 2.05) is 37.3 Å². The van der Waals surface area contributed by atoms with Gasteiger partial charge in [0.15, 0.2) is 0 Å². The molecule has 2 aromatic carbocycles. The van der Waals surface area contributed by atoms with Gasteiger partial charge in [0.1, 0.15) is 10.1 Å². The summed E-state index contributed by atoms with van der Waals surface area (Å²) in [5.41, 5.74) is 2.37. The predicted octanol–water partition coefficient (Wildman–Crippen LogP) is 5.22. The Bertz CT molecular complexity index is 935. The zero-order valence-electron chi connectivity index (χ0n) is 15.8. The van der Waals surface area contributed by atoms with Crippen molar-refractivity contribution in [2.75, 3.05) is 6.54 Å². The lowest BCUT2D eigenvalue weighted by Gasteiger charge is -2.13. The number of benzene rings is 2. The number of amides is 1. The summed E-state index contributed by atoms with van der Waals surface area (Å²) in [6.07, 6.45) is 3.76. The highest BCUT2D eigenvalue weighted by Crippen LogP contribution is 2.33. The standard InChI is InChI=1S/C22H21NO3S2/c1-3-4-12-23-20(24)19(28-22(23)27)14-16-8-10-18(11-9-16)26-21(25)17-7-5-6-15(2)13-17/h5-11,13-14H,3-4,12H2,1-2H3/b19-14+. The van der Waals surface area contributed by atoms with Crippen molar-refractivity contribution in [3.8, 4) is 5.75 Å². The first-order valence-corrected chi connectivity index (χ1v) is 10.3. The minimum atomic E-state index is -0.395. The molecule has 0 N–H and O–H groups in total. The van der Waals surface area contributed by atoms with E-state index in [1.54, 1.807) is 29.2 Å². The van der Waals surface area contributed by atoms with Crippen LogP contribution in [-0.4, -0.2) is 27.6 Å². The zero-order chi connectivity index (χ0) is 20.1. The zero-order valence-corrected chi connectivity index (χ0v) is 17.4. The van der Waals surface area contributed by atoms with E-state index in [0.717, 1.165) is 24.0 Å². The van der Waals surface area contributed by atoms with Gasteiger partial charge in [-0.1, -0.05) is 67.2 Å². The summed E-state index contributed by atoms with van der Waals surface area (Å²) >= 11 is 6.64. The van der Waals surface area contributed by atoms with Gasteiger partial charge in [-0.15, -0.1) is 0 Å². The van der Waals surface area contributed by atoms with Crippen molar-refractivity contribution < 1.29 is 14.3 Å². The summed E-state index contributed by atoms with van der Waals surface area (Å²) in [7, 11) is 0. The number of thioether (sulfide) groups is 1. The molecule has 4 nitrogen and oxygen atoms in total. The number of carbonyl (C=O) groups is 2. The third-order valence-electron chi connectivity index (χ3n) is 4.25. The number of ether oxygens (including phenoxy) is 1. The molecule has 1 aliphatic rings. The number of thiocarbonyl (C=S) groups is 1. The first-order chi connectivity index (χ1) is 13.5. The van der Waals surface area contributed by atoms with E-state index in [1.165, 1.54) is 11.8 Å². The minimum absolute atomic E-state index is 0.0431. The second kappa shape index (κ2) is 9.17. The number of hydrogen-bond acceptors (Lipinski definition) is 5. The molecule has 0 aromatic heterocycles. The summed E-state index contributed by atoms with van der Waals surface area (Å²) in [6.45, 7) is 4.67. The Morgan fingerprint density at radius 3 is 2.64 bits per heavy atom. The summed E-state index contributed by atoms with van der Waals surface area (Å²) in [5, 5.41) is 0. The largest absolute Gasteiger partial charge is 0.423 e. The SMILES string of the molecule is CCCCN1C(=O)/C(=C\c2ccc(OC(=O)c3cccc(C)c3)cc2)SC1=S. The van der Waals surface area contributed by atoms with E-state index in [0.29, 0.717) is 27.1 Å². The van der Waals surface area contributed by atoms with Crippen LogP contribution in [-0.2, 0) is 4.79 Å². The number of nitrogens with zero attached hydrogens (tertiary/aromatic N) is 1. The molecule has 6 heteroatoms. The van der Waals surface area contributed by atoms with E-state index in [-0.39, 0.29) is 5.91 Å². The predicted molar refractivity (Wildman–Crippen MR) is 117 cm³/mol. The quantitative estimate of drug-likeness (QED) is 0.282. The van der Waals surface area contributed by atoms with Crippen LogP contribution in [0.25, 0.3) is 6.08 Å². The van der Waals surface area contributed by atoms with Crippen molar-refractivity contribution in [1.29, 1.82) is 0 Å². The van der Waals surface area contributed by atoms with Crippen LogP contribution < -0.4 is 4.74 Å². The van der Waals surface area contributed by atoms with Crippen molar-refractivity contribution in [2.45, 2.75) is 26.7 Å². The van der Waals surface area contributed by atoms with Crippen LogP contribution >= 0.6 is 24.0 Å². The van der Waals surface area contributed by atoms with Gasteiger partial charge < -0.3 is 4.74 Å². The monoisotopic (exact) mass is 411 g/mol. The van der Waals surface area contributed by atoms with E-state index < -0.39 is 5.97 Å². The van der Waals surface area contributed by atoms with Crippen LogP contribution in [0.1, 0.15) is 41.3 Å². The van der Waals surface area contributed by atoms with Crippen LogP contribution in [0.5, 0.6) is 5.75 Å². The first-order valence-electron chi connectivity index (χ1n) is 9.12. The fourth-order valence-electron chi connectivity index (χ4n) is 2.73. The Kier molecular flexibility index (Phi) is 6.65. The van der Waals surface area contributed by atoms with Gasteiger partial charge in [-0.25, -0.2) is 4.79 Å². The van der Waals surface area contributed by atoms with E-state index >= 15 is 0 Å². The average molecular weight is 412 g/mol. The number of carbonyl (C=O) groups excluding carboxylic acids is 2. The van der Waals surface area contributed by atoms with Gasteiger partial charge in [-0.2, -0.15) is 0 Å². The second-order valence-electron chi connectivity index (χ2n) is 6.51. The lowest BCUT2D eigenvalue weighted by atomic mass is 10.1. The number of aryl methyl sites for hydroxylation is 1. The average Bonchev–Trinajstić information content (AvgIpc) is 2.94. The summed E-state index contributed by atoms with van der Waals surface area (Å²) in [5.74, 6) is 0.0193. The molecule has 144 valence electrons. The van der Waals surface area contributed by atoms with Gasteiger partial charge in [0.05, 0.1) is 10.5 Å². The van der Waals surface area contributed by atoms with Crippen LogP contribution in [0.3, 0.4) is 0 Å². The highest BCUT2D eigenvalue weighted by atomic mass is 32.2. The molecule has 0 unspecified atom stereocenters. The second-order valence-corrected chi connectivity index (χ2v) is 8.19. The molecule has 28 heavy (non-hydrogen) atoms. The lowest BCUT2D eigenvalue weighted by molar-refractivity contribution is -0.122. The van der Waals surface area contributed by atoms with Crippen molar-refractivity contribution >= 4 is 46.3 Å². The third kappa shape index (κ3) is 4.88. The molecule has 1 heterocycles. The normalized spacial score (nSPS) is 15.4. The summed E-state index contributed by atoms with van der Waals surface area (Å²) < 4.78 is 6.02. The summed E-state index contributed by atoms with van der Waals surface area (Å²) in [6, 6.07) is 14.3. The van der Waals surface area contributed by atoms with Crippen LogP contribution in [0.4, 0.5) is 0 Å². The molecule has 1 saturated heterocycles. The number of rotatable bonds is 6. The fraction of sp³-hybridized carbons (Fsp3) is 0.227. The highest BCUT2D eigenvalue weighted by Gasteiger charge is 2.31. The number of unbranched alkanes of at least 4 members (excludes halogenated alkanes) is 1. The Morgan fingerprint density at radius 2 is 1.96 bits per heavy atom. The Hall–Kier alpha value is -2.44. The molecule has 0 radical (unpaired) electrons. The molecule has 1 amide bonds. The van der Waals surface area contributed by atoms with Crippen LogP contribution in [0.15, 0.2) is 53.4 Å². The van der Waals surface area contributed by atoms with E-state index in [2.05, 4.69) is 6.92 Å². The van der Waals surface area contributed by atoms with Gasteiger partial charge >= 0.3 is 5.97 Å². The molecule has 0 bridgehead atoms. The molecule has 0 aliphatic carbocycles. The first kappa shape index (κ1) is 20.3. The number of esters is 1. The van der Waals surface area contributed by atoms with Gasteiger partial charge in [0, 0.05) is 6.54 Å². The molecular weight excluding hydrogens is 390 g/mol. The molecule has 3 rings (SSSR count). The molecule has 0 saturated carbocycles. The maximum Gasteiger partial charge on any atom is 0.343 e. The van der Waals surface area contributed by atoms with Gasteiger partial charge in [0.25, 0.3) is 5.91 Å². The molecule has 1 fully saturated rings. The Balaban J connectivity index is 1.67. The van der Waals surface area contributed by atoms with E-state index in [9.17, 15) is 9.59 Å². The van der Waals surface area contributed by atoms with Crippen molar-refractivity contribution in [1.82, 2.24) is 4.90 Å². The molecule has 0 spiro atoms. The topological polar surface area (TPSA) is 46.6 Å². The third-order valence-corrected chi connectivity index (χ3v) is 5.63. The van der Waals surface area contributed by atoms with Crippen LogP contribution in [0.2, 0.25) is 0 Å². The van der Waals surface area contributed by atoms with Crippen molar-refractivity contribution in [3.63, 3.8) is 0 Å². The maximum absolute atomic E-state index is 12.5. The smallest absolute Gasteiger partial charge is 0.343 e. The van der Waals surface area contributed by atoms with E-state index in [4.69, 9.17) is 17.0 Å². The summed E-state index contributed by atoms with van der Waals surface area (Å²) in [4.78, 5) is 27.0. The van der Waals surface area contributed by atoms with Gasteiger partial charge in [-0.05, 0) is 49.2 Å². The minimum Gasteiger partial charge on any atom is -0.423 e. The maximum atomic E-state index is 12.5. The van der Waals surface area contributed by atoms with Gasteiger partial charge in [0.2, 0.25) is 0 Å². The molecule has 1 aliphatic heterocycles. The Labute approximate surface area is 174 Å². The molecule has 0 atom stereocenters. The number of hydrogen-bond donors (Lipinski definition) is 0. The Morgan fingerprint density at radius 1 is 1.21 bits per heavy atom. The molecular formula is C22H21NO3S2. The van der Waals surface area contributed by atoms with Crippen molar-refractivity contribution in [2.24, 2.45) is 0 Å². The lowest BCUT2D eigenvalue weighted by Crippen LogP contribution is -2.28. The highest BCUT2D eigenvalue weighted by molar-refractivity contribution is 8.26. The van der Waals surface area contributed by atoms with Gasteiger partial charge in [-0.3, -0.25) is 9.69 Å². The van der Waals surface area contributed by atoms with Crippen LogP contribution in [0, 0.1) is 6.92 Å².